The van der Waals surface area contributed by atoms with Gasteiger partial charge < -0.3 is 10.4 Å². The average Bonchev–Trinajstić information content (AvgIpc) is 2.38. The van der Waals surface area contributed by atoms with Gasteiger partial charge in [0.15, 0.2) is 0 Å². The summed E-state index contributed by atoms with van der Waals surface area (Å²) >= 11 is 5.90. The monoisotopic (exact) mass is 279 g/mol. The van der Waals surface area contributed by atoms with Gasteiger partial charge in [0.25, 0.3) is 0 Å². The van der Waals surface area contributed by atoms with Crippen LogP contribution in [0.4, 0.5) is 10.1 Å². The number of rotatable bonds is 4. The lowest BCUT2D eigenvalue weighted by Gasteiger charge is -2.09. The fraction of sp³-hybridized carbons (Fsp3) is 0.0714. The molecule has 0 spiro atoms. The van der Waals surface area contributed by atoms with E-state index in [2.05, 4.69) is 5.32 Å². The van der Waals surface area contributed by atoms with Gasteiger partial charge in [-0.15, -0.1) is 0 Å². The standard InChI is InChI=1S/C14H11ClFNO2/c15-12-2-1-3-13(16)11(12)8-17-10-6-4-9(5-7-10)14(18)19/h1-7,17H,8H2,(H,18,19). The van der Waals surface area contributed by atoms with Gasteiger partial charge in [0.2, 0.25) is 0 Å². The second-order valence-electron chi connectivity index (χ2n) is 3.94. The number of aromatic carboxylic acids is 1. The molecule has 2 N–H and O–H groups in total. The van der Waals surface area contributed by atoms with Crippen LogP contribution in [0.1, 0.15) is 15.9 Å². The highest BCUT2D eigenvalue weighted by molar-refractivity contribution is 6.31. The Bertz CT molecular complexity index is 579. The molecule has 0 bridgehead atoms. The number of carboxylic acids is 1. The first kappa shape index (κ1) is 13.4. The summed E-state index contributed by atoms with van der Waals surface area (Å²) < 4.78 is 13.5. The highest BCUT2D eigenvalue weighted by Gasteiger charge is 2.07. The number of nitrogens with one attached hydrogen (secondary N) is 1. The van der Waals surface area contributed by atoms with Crippen molar-refractivity contribution >= 4 is 23.3 Å². The van der Waals surface area contributed by atoms with Gasteiger partial charge in [-0.2, -0.15) is 0 Å². The van der Waals surface area contributed by atoms with Gasteiger partial charge in [-0.1, -0.05) is 17.7 Å². The van der Waals surface area contributed by atoms with Crippen molar-refractivity contribution in [2.24, 2.45) is 0 Å². The summed E-state index contributed by atoms with van der Waals surface area (Å²) in [6.07, 6.45) is 0. The third-order valence-electron chi connectivity index (χ3n) is 2.66. The maximum atomic E-state index is 13.5. The van der Waals surface area contributed by atoms with Crippen molar-refractivity contribution in [3.63, 3.8) is 0 Å². The van der Waals surface area contributed by atoms with Crippen LogP contribution in [0.5, 0.6) is 0 Å². The second kappa shape index (κ2) is 5.71. The number of hydrogen-bond acceptors (Lipinski definition) is 2. The highest BCUT2D eigenvalue weighted by atomic mass is 35.5. The van der Waals surface area contributed by atoms with E-state index in [-0.39, 0.29) is 17.9 Å². The molecule has 0 aliphatic carbocycles. The zero-order chi connectivity index (χ0) is 13.8. The van der Waals surface area contributed by atoms with Crippen LogP contribution >= 0.6 is 11.6 Å². The van der Waals surface area contributed by atoms with Crippen molar-refractivity contribution in [3.8, 4) is 0 Å². The van der Waals surface area contributed by atoms with Crippen LogP contribution < -0.4 is 5.32 Å². The summed E-state index contributed by atoms with van der Waals surface area (Å²) in [5.74, 6) is -1.36. The molecule has 98 valence electrons. The second-order valence-corrected chi connectivity index (χ2v) is 4.34. The Morgan fingerprint density at radius 2 is 1.89 bits per heavy atom. The Kier molecular flexibility index (Phi) is 4.02. The molecule has 0 aliphatic heterocycles. The molecule has 2 rings (SSSR count). The largest absolute Gasteiger partial charge is 0.478 e. The van der Waals surface area contributed by atoms with E-state index in [1.807, 2.05) is 0 Å². The summed E-state index contributed by atoms with van der Waals surface area (Å²) in [5, 5.41) is 12.1. The molecule has 0 saturated carbocycles. The summed E-state index contributed by atoms with van der Waals surface area (Å²) in [6.45, 7) is 0.234. The lowest BCUT2D eigenvalue weighted by Crippen LogP contribution is -2.03. The van der Waals surface area contributed by atoms with Crippen LogP contribution in [0.2, 0.25) is 5.02 Å². The van der Waals surface area contributed by atoms with Crippen LogP contribution in [0.15, 0.2) is 42.5 Å². The maximum absolute atomic E-state index is 13.5. The lowest BCUT2D eigenvalue weighted by molar-refractivity contribution is 0.0697. The quantitative estimate of drug-likeness (QED) is 0.895. The topological polar surface area (TPSA) is 49.3 Å². The third kappa shape index (κ3) is 3.23. The molecular formula is C14H11ClFNO2. The molecule has 2 aromatic carbocycles. The number of carboxylic acid groups (broad SMARTS) is 1. The minimum absolute atomic E-state index is 0.203. The zero-order valence-electron chi connectivity index (χ0n) is 9.86. The van der Waals surface area contributed by atoms with Gasteiger partial charge in [0.05, 0.1) is 5.56 Å². The average molecular weight is 280 g/mol. The molecule has 0 heterocycles. The molecule has 3 nitrogen and oxygen atoms in total. The third-order valence-corrected chi connectivity index (χ3v) is 3.02. The summed E-state index contributed by atoms with van der Waals surface area (Å²) in [7, 11) is 0. The molecule has 0 unspecified atom stereocenters. The van der Waals surface area contributed by atoms with Crippen LogP contribution in [0.3, 0.4) is 0 Å². The van der Waals surface area contributed by atoms with Crippen molar-refractivity contribution in [1.82, 2.24) is 0 Å². The Labute approximate surface area is 114 Å². The van der Waals surface area contributed by atoms with E-state index in [9.17, 15) is 9.18 Å². The van der Waals surface area contributed by atoms with Crippen LogP contribution in [0, 0.1) is 5.82 Å². The molecule has 0 atom stereocenters. The fourth-order valence-corrected chi connectivity index (χ4v) is 1.85. The minimum atomic E-state index is -0.983. The van der Waals surface area contributed by atoms with Gasteiger partial charge in [0, 0.05) is 22.8 Å². The Morgan fingerprint density at radius 1 is 1.21 bits per heavy atom. The van der Waals surface area contributed by atoms with Crippen LogP contribution in [-0.4, -0.2) is 11.1 Å². The number of benzene rings is 2. The summed E-state index contributed by atoms with van der Waals surface area (Å²) in [4.78, 5) is 10.7. The van der Waals surface area contributed by atoms with E-state index in [0.717, 1.165) is 0 Å². The van der Waals surface area contributed by atoms with Gasteiger partial charge in [-0.25, -0.2) is 9.18 Å². The van der Waals surface area contributed by atoms with Crippen molar-refractivity contribution in [1.29, 1.82) is 0 Å². The Morgan fingerprint density at radius 3 is 2.47 bits per heavy atom. The van der Waals surface area contributed by atoms with E-state index >= 15 is 0 Å². The zero-order valence-corrected chi connectivity index (χ0v) is 10.6. The molecule has 19 heavy (non-hydrogen) atoms. The lowest BCUT2D eigenvalue weighted by atomic mass is 10.2. The Balaban J connectivity index is 2.08. The van der Waals surface area contributed by atoms with Crippen molar-refractivity contribution in [3.05, 3.63) is 64.4 Å². The van der Waals surface area contributed by atoms with E-state index in [1.165, 1.54) is 18.2 Å². The Hall–Kier alpha value is -2.07. The van der Waals surface area contributed by atoms with Gasteiger partial charge in [-0.05, 0) is 36.4 Å². The molecule has 2 aromatic rings. The highest BCUT2D eigenvalue weighted by Crippen LogP contribution is 2.20. The van der Waals surface area contributed by atoms with E-state index in [4.69, 9.17) is 16.7 Å². The maximum Gasteiger partial charge on any atom is 0.335 e. The number of halogens is 2. The van der Waals surface area contributed by atoms with Crippen LogP contribution in [-0.2, 0) is 6.54 Å². The smallest absolute Gasteiger partial charge is 0.335 e. The summed E-state index contributed by atoms with van der Waals surface area (Å²) in [5.41, 5.74) is 1.28. The van der Waals surface area contributed by atoms with Crippen molar-refractivity contribution in [2.75, 3.05) is 5.32 Å². The molecule has 0 amide bonds. The van der Waals surface area contributed by atoms with E-state index in [0.29, 0.717) is 16.3 Å². The SMILES string of the molecule is O=C(O)c1ccc(NCc2c(F)cccc2Cl)cc1. The molecule has 0 radical (unpaired) electrons. The summed E-state index contributed by atoms with van der Waals surface area (Å²) in [6, 6.07) is 10.7. The molecule has 0 fully saturated rings. The first-order chi connectivity index (χ1) is 9.08. The van der Waals surface area contributed by atoms with E-state index < -0.39 is 5.97 Å². The molecule has 0 aromatic heterocycles. The van der Waals surface area contributed by atoms with Crippen molar-refractivity contribution in [2.45, 2.75) is 6.54 Å². The van der Waals surface area contributed by atoms with Gasteiger partial charge in [0.1, 0.15) is 5.82 Å². The van der Waals surface area contributed by atoms with Gasteiger partial charge in [-0.3, -0.25) is 0 Å². The predicted octanol–water partition coefficient (Wildman–Crippen LogP) is 3.79. The van der Waals surface area contributed by atoms with Gasteiger partial charge >= 0.3 is 5.97 Å². The van der Waals surface area contributed by atoms with Crippen LogP contribution in [0.25, 0.3) is 0 Å². The first-order valence-electron chi connectivity index (χ1n) is 5.58. The molecule has 0 saturated heterocycles. The molecular weight excluding hydrogens is 269 g/mol. The number of anilines is 1. The number of hydrogen-bond donors (Lipinski definition) is 2. The number of carbonyl (C=O) groups is 1. The molecule has 5 heteroatoms. The fourth-order valence-electron chi connectivity index (χ4n) is 1.62. The normalized spacial score (nSPS) is 10.2. The first-order valence-corrected chi connectivity index (χ1v) is 5.96. The minimum Gasteiger partial charge on any atom is -0.478 e. The van der Waals surface area contributed by atoms with Crippen molar-refractivity contribution < 1.29 is 14.3 Å². The van der Waals surface area contributed by atoms with E-state index in [1.54, 1.807) is 24.3 Å². The predicted molar refractivity (Wildman–Crippen MR) is 72.1 cm³/mol. The molecule has 0 aliphatic rings.